The lowest BCUT2D eigenvalue weighted by molar-refractivity contribution is -0.0436. The van der Waals surface area contributed by atoms with Gasteiger partial charge in [0.15, 0.2) is 0 Å². The topological polar surface area (TPSA) is 109 Å². The summed E-state index contributed by atoms with van der Waals surface area (Å²) < 4.78 is 87.5. The van der Waals surface area contributed by atoms with E-state index in [1.54, 1.807) is 12.1 Å². The number of rotatable bonds is 6. The third-order valence-electron chi connectivity index (χ3n) is 6.10. The van der Waals surface area contributed by atoms with E-state index in [9.17, 15) is 30.0 Å². The molecule has 1 fully saturated rings. The molecular formula is C24H20F3N3O4S2. The molecule has 1 heterocycles. The van der Waals surface area contributed by atoms with Gasteiger partial charge in [0, 0.05) is 11.5 Å². The summed E-state index contributed by atoms with van der Waals surface area (Å²) in [5, 5.41) is 0. The molecule has 0 radical (unpaired) electrons. The number of anilines is 1. The minimum absolute atomic E-state index is 0.00682. The SMILES string of the molecule is CS(=O)(=O)Nc1ccccc1-c1ccc2[nH]c(C3CC3c3ccc(S(=O)(=O)C(F)(F)F)cc3)nc2c1. The highest BCUT2D eigenvalue weighted by Crippen LogP contribution is 2.54. The highest BCUT2D eigenvalue weighted by molar-refractivity contribution is 7.92. The smallest absolute Gasteiger partial charge is 0.342 e. The van der Waals surface area contributed by atoms with Gasteiger partial charge < -0.3 is 4.98 Å². The number of hydrogen-bond acceptors (Lipinski definition) is 5. The number of alkyl halides is 3. The number of nitrogens with one attached hydrogen (secondary N) is 2. The van der Waals surface area contributed by atoms with Crippen molar-refractivity contribution < 1.29 is 30.0 Å². The number of nitrogens with zero attached hydrogens (tertiary/aromatic N) is 1. The van der Waals surface area contributed by atoms with Gasteiger partial charge in [-0.05, 0) is 53.8 Å². The Morgan fingerprint density at radius 2 is 1.64 bits per heavy atom. The average molecular weight is 536 g/mol. The number of sulfonamides is 1. The molecule has 5 rings (SSSR count). The molecule has 3 aromatic carbocycles. The van der Waals surface area contributed by atoms with E-state index in [-0.39, 0.29) is 11.8 Å². The molecule has 36 heavy (non-hydrogen) atoms. The molecule has 1 aromatic heterocycles. The Bertz CT molecular complexity index is 1680. The van der Waals surface area contributed by atoms with Crippen molar-refractivity contribution in [3.8, 4) is 11.1 Å². The van der Waals surface area contributed by atoms with Gasteiger partial charge in [-0.25, -0.2) is 21.8 Å². The van der Waals surface area contributed by atoms with Gasteiger partial charge in [-0.1, -0.05) is 36.4 Å². The predicted octanol–water partition coefficient (Wildman–Crippen LogP) is 5.17. The van der Waals surface area contributed by atoms with Crippen LogP contribution >= 0.6 is 0 Å². The van der Waals surface area contributed by atoms with Gasteiger partial charge >= 0.3 is 5.51 Å². The van der Waals surface area contributed by atoms with Crippen molar-refractivity contribution in [3.05, 3.63) is 78.1 Å². The lowest BCUT2D eigenvalue weighted by atomic mass is 10.0. The highest BCUT2D eigenvalue weighted by Gasteiger charge is 2.47. The van der Waals surface area contributed by atoms with Crippen molar-refractivity contribution in [2.45, 2.75) is 28.7 Å². The lowest BCUT2D eigenvalue weighted by Crippen LogP contribution is -2.23. The molecule has 12 heteroatoms. The minimum Gasteiger partial charge on any atom is -0.342 e. The zero-order valence-electron chi connectivity index (χ0n) is 18.7. The van der Waals surface area contributed by atoms with E-state index in [2.05, 4.69) is 9.71 Å². The quantitative estimate of drug-likeness (QED) is 0.354. The fraction of sp³-hybridized carbons (Fsp3) is 0.208. The maximum absolute atomic E-state index is 12.8. The summed E-state index contributed by atoms with van der Waals surface area (Å²) in [6.45, 7) is 0. The van der Waals surface area contributed by atoms with E-state index in [1.165, 1.54) is 12.1 Å². The summed E-state index contributed by atoms with van der Waals surface area (Å²) in [5.74, 6) is 0.749. The third kappa shape index (κ3) is 4.58. The van der Waals surface area contributed by atoms with Crippen LogP contribution in [0.25, 0.3) is 22.2 Å². The van der Waals surface area contributed by atoms with E-state index in [0.29, 0.717) is 16.8 Å². The number of aromatic nitrogens is 2. The Kier molecular flexibility index (Phi) is 5.63. The van der Waals surface area contributed by atoms with Crippen molar-refractivity contribution in [1.29, 1.82) is 0 Å². The van der Waals surface area contributed by atoms with Crippen molar-refractivity contribution >= 4 is 36.6 Å². The number of halogens is 3. The van der Waals surface area contributed by atoms with Crippen LogP contribution in [-0.2, 0) is 19.9 Å². The molecule has 4 aromatic rings. The second-order valence-corrected chi connectivity index (χ2v) is 12.4. The molecule has 0 aliphatic heterocycles. The normalized spacial score (nSPS) is 18.3. The van der Waals surface area contributed by atoms with Gasteiger partial charge in [0.1, 0.15) is 5.82 Å². The van der Waals surface area contributed by atoms with Crippen LogP contribution < -0.4 is 4.72 Å². The first-order valence-electron chi connectivity index (χ1n) is 10.8. The predicted molar refractivity (Wildman–Crippen MR) is 130 cm³/mol. The second-order valence-electron chi connectivity index (χ2n) is 8.74. The maximum Gasteiger partial charge on any atom is 0.501 e. The zero-order chi connectivity index (χ0) is 25.9. The number of sulfone groups is 1. The number of aromatic amines is 1. The van der Waals surface area contributed by atoms with E-state index >= 15 is 0 Å². The summed E-state index contributed by atoms with van der Waals surface area (Å²) in [6.07, 6.45) is 1.81. The fourth-order valence-corrected chi connectivity index (χ4v) is 5.62. The number of hydrogen-bond donors (Lipinski definition) is 2. The van der Waals surface area contributed by atoms with Gasteiger partial charge in [0.2, 0.25) is 10.0 Å². The number of imidazole rings is 1. The molecule has 0 saturated heterocycles. The van der Waals surface area contributed by atoms with Gasteiger partial charge in [-0.2, -0.15) is 13.2 Å². The molecular weight excluding hydrogens is 515 g/mol. The van der Waals surface area contributed by atoms with Crippen LogP contribution in [0, 0.1) is 0 Å². The number of fused-ring (bicyclic) bond motifs is 1. The molecule has 1 aliphatic rings. The summed E-state index contributed by atoms with van der Waals surface area (Å²) in [5.41, 5.74) is -1.19. The molecule has 7 nitrogen and oxygen atoms in total. The second kappa shape index (κ2) is 8.34. The van der Waals surface area contributed by atoms with E-state index in [4.69, 9.17) is 4.98 Å². The molecule has 1 aliphatic carbocycles. The van der Waals surface area contributed by atoms with Crippen LogP contribution in [-0.4, -0.2) is 38.6 Å². The minimum atomic E-state index is -5.38. The first kappa shape index (κ1) is 24.3. The van der Waals surface area contributed by atoms with Crippen LogP contribution in [0.3, 0.4) is 0 Å². The van der Waals surface area contributed by atoms with Gasteiger partial charge in [-0.15, -0.1) is 0 Å². The van der Waals surface area contributed by atoms with Crippen LogP contribution in [0.5, 0.6) is 0 Å². The zero-order valence-corrected chi connectivity index (χ0v) is 20.4. The number of para-hydroxylation sites is 1. The van der Waals surface area contributed by atoms with E-state index < -0.39 is 30.3 Å². The molecule has 2 N–H and O–H groups in total. The Morgan fingerprint density at radius 3 is 2.31 bits per heavy atom. The van der Waals surface area contributed by atoms with Gasteiger partial charge in [-0.3, -0.25) is 4.72 Å². The Balaban J connectivity index is 1.39. The lowest BCUT2D eigenvalue weighted by Gasteiger charge is -2.10. The summed E-state index contributed by atoms with van der Waals surface area (Å²) in [6, 6.07) is 17.4. The van der Waals surface area contributed by atoms with Crippen molar-refractivity contribution in [2.75, 3.05) is 11.0 Å². The maximum atomic E-state index is 12.8. The fourth-order valence-electron chi connectivity index (χ4n) is 4.29. The van der Waals surface area contributed by atoms with Crippen molar-refractivity contribution in [2.24, 2.45) is 0 Å². The Hall–Kier alpha value is -3.38. The largest absolute Gasteiger partial charge is 0.501 e. The van der Waals surface area contributed by atoms with E-state index in [1.807, 2.05) is 30.3 Å². The first-order chi connectivity index (χ1) is 16.8. The monoisotopic (exact) mass is 535 g/mol. The highest BCUT2D eigenvalue weighted by atomic mass is 32.2. The summed E-state index contributed by atoms with van der Waals surface area (Å²) in [4.78, 5) is 7.19. The third-order valence-corrected chi connectivity index (χ3v) is 8.19. The van der Waals surface area contributed by atoms with Crippen LogP contribution in [0.4, 0.5) is 18.9 Å². The standard InChI is InChI=1S/C24H20F3N3O4S2/c1-35(31,32)30-20-5-3-2-4-17(20)15-8-11-21-22(12-15)29-23(28-21)19-13-18(19)14-6-9-16(10-7-14)36(33,34)24(25,26)27/h2-12,18-19,30H,13H2,1H3,(H,28,29). The van der Waals surface area contributed by atoms with Crippen LogP contribution in [0.1, 0.15) is 29.6 Å². The van der Waals surface area contributed by atoms with Gasteiger partial charge in [0.05, 0.1) is 27.9 Å². The Labute approximate surface area is 205 Å². The summed E-state index contributed by atoms with van der Waals surface area (Å²) in [7, 11) is -8.84. The Morgan fingerprint density at radius 1 is 0.944 bits per heavy atom. The van der Waals surface area contributed by atoms with Crippen LogP contribution in [0.2, 0.25) is 0 Å². The average Bonchev–Trinajstić information content (AvgIpc) is 3.49. The van der Waals surface area contributed by atoms with Crippen LogP contribution in [0.15, 0.2) is 71.6 Å². The molecule has 1 saturated carbocycles. The molecule has 0 amide bonds. The van der Waals surface area contributed by atoms with E-state index in [0.717, 1.165) is 47.3 Å². The van der Waals surface area contributed by atoms with Crippen molar-refractivity contribution in [1.82, 2.24) is 9.97 Å². The molecule has 2 atom stereocenters. The molecule has 0 spiro atoms. The molecule has 2 unspecified atom stereocenters. The summed E-state index contributed by atoms with van der Waals surface area (Å²) >= 11 is 0. The van der Waals surface area contributed by atoms with Crippen molar-refractivity contribution in [3.63, 3.8) is 0 Å². The molecule has 188 valence electrons. The van der Waals surface area contributed by atoms with Gasteiger partial charge in [0.25, 0.3) is 9.84 Å². The molecule has 0 bridgehead atoms. The number of H-pyrrole nitrogens is 1. The first-order valence-corrected chi connectivity index (χ1v) is 14.2. The number of benzene rings is 3.